The van der Waals surface area contributed by atoms with Crippen LogP contribution in [0.4, 0.5) is 8.78 Å². The molecular formula is C32H17Cl2F2IN4. The second-order valence-electron chi connectivity index (χ2n) is 8.05. The third-order valence-electron chi connectivity index (χ3n) is 5.20. The Morgan fingerprint density at radius 3 is 1.78 bits per heavy atom. The molecule has 6 aromatic rings. The second kappa shape index (κ2) is 14.5. The van der Waals surface area contributed by atoms with Crippen LogP contribution in [0.5, 0.6) is 0 Å². The molecule has 0 aliphatic carbocycles. The van der Waals surface area contributed by atoms with Gasteiger partial charge in [-0.15, -0.1) is 6.42 Å². The van der Waals surface area contributed by atoms with Crippen LogP contribution < -0.4 is 0 Å². The Labute approximate surface area is 259 Å². The minimum absolute atomic E-state index is 0.222. The lowest BCUT2D eigenvalue weighted by atomic mass is 10.2. The van der Waals surface area contributed by atoms with Gasteiger partial charge in [0.05, 0.1) is 31.2 Å². The van der Waals surface area contributed by atoms with Gasteiger partial charge in [-0.3, -0.25) is 9.97 Å². The van der Waals surface area contributed by atoms with Crippen LogP contribution in [0.2, 0.25) is 10.0 Å². The van der Waals surface area contributed by atoms with Crippen LogP contribution in [0.25, 0.3) is 22.1 Å². The smallest absolute Gasteiger partial charge is 0.138 e. The molecule has 2 aromatic carbocycles. The first-order chi connectivity index (χ1) is 19.8. The summed E-state index contributed by atoms with van der Waals surface area (Å²) in [5.41, 5.74) is 4.73. The van der Waals surface area contributed by atoms with Gasteiger partial charge in [-0.25, -0.2) is 18.7 Å². The fraction of sp³-hybridized carbons (Fsp3) is 0. The van der Waals surface area contributed by atoms with Gasteiger partial charge in [0.1, 0.15) is 23.0 Å². The lowest BCUT2D eigenvalue weighted by Crippen LogP contribution is -1.87. The van der Waals surface area contributed by atoms with E-state index in [4.69, 9.17) is 29.6 Å². The Balaban J connectivity index is 0.000000156. The van der Waals surface area contributed by atoms with E-state index in [1.807, 2.05) is 59.0 Å². The summed E-state index contributed by atoms with van der Waals surface area (Å²) in [7, 11) is 0. The number of fused-ring (bicyclic) bond motifs is 2. The molecule has 0 aliphatic rings. The highest BCUT2D eigenvalue weighted by Crippen LogP contribution is 2.16. The van der Waals surface area contributed by atoms with Crippen molar-refractivity contribution in [1.82, 2.24) is 19.9 Å². The molecule has 4 aromatic heterocycles. The van der Waals surface area contributed by atoms with Gasteiger partial charge >= 0.3 is 0 Å². The van der Waals surface area contributed by atoms with E-state index < -0.39 is 5.82 Å². The largest absolute Gasteiger partial charge is 0.255 e. The Morgan fingerprint density at radius 2 is 1.20 bits per heavy atom. The van der Waals surface area contributed by atoms with Gasteiger partial charge in [0.25, 0.3) is 0 Å². The zero-order valence-electron chi connectivity index (χ0n) is 21.0. The van der Waals surface area contributed by atoms with Crippen LogP contribution in [-0.2, 0) is 0 Å². The van der Waals surface area contributed by atoms with Crippen molar-refractivity contribution in [2.45, 2.75) is 0 Å². The van der Waals surface area contributed by atoms with E-state index in [1.54, 1.807) is 30.6 Å². The van der Waals surface area contributed by atoms with Crippen molar-refractivity contribution in [2.75, 3.05) is 0 Å². The van der Waals surface area contributed by atoms with E-state index in [9.17, 15) is 8.78 Å². The van der Waals surface area contributed by atoms with Gasteiger partial charge in [-0.05, 0) is 113 Å². The summed E-state index contributed by atoms with van der Waals surface area (Å²) in [6.45, 7) is 0. The third kappa shape index (κ3) is 8.67. The standard InChI is InChI=1S/C16H8ClFN2.C10H6N2.C6H3ClFI/c17-12-4-7-14(18)11(10-12)3-5-13-6-8-15-16(20-13)2-1-9-19-15;1-2-8-5-6-9-10(12-8)4-3-7-11-9;7-4-1-2-5(8)6(9)3-4/h1-2,4,6-10H;1,3-7H;1-3H. The molecule has 0 amide bonds. The molecule has 0 atom stereocenters. The summed E-state index contributed by atoms with van der Waals surface area (Å²) in [6.07, 6.45) is 8.65. The van der Waals surface area contributed by atoms with E-state index >= 15 is 0 Å². The third-order valence-corrected chi connectivity index (χ3v) is 6.49. The van der Waals surface area contributed by atoms with Crippen molar-refractivity contribution in [1.29, 1.82) is 0 Å². The van der Waals surface area contributed by atoms with E-state index in [1.165, 1.54) is 30.3 Å². The highest BCUT2D eigenvalue weighted by molar-refractivity contribution is 14.1. The number of aromatic nitrogens is 4. The normalized spacial score (nSPS) is 9.85. The number of hydrogen-bond donors (Lipinski definition) is 0. The molecule has 0 N–H and O–H groups in total. The highest BCUT2D eigenvalue weighted by Gasteiger charge is 2.00. The molecule has 0 saturated heterocycles. The van der Waals surface area contributed by atoms with Gasteiger partial charge in [0, 0.05) is 22.4 Å². The number of pyridine rings is 4. The first kappa shape index (κ1) is 29.8. The summed E-state index contributed by atoms with van der Waals surface area (Å²) in [5, 5.41) is 1.02. The van der Waals surface area contributed by atoms with Crippen LogP contribution in [0, 0.1) is 39.4 Å². The first-order valence-electron chi connectivity index (χ1n) is 11.8. The van der Waals surface area contributed by atoms with Crippen LogP contribution in [0.15, 0.2) is 97.3 Å². The number of halogens is 5. The van der Waals surface area contributed by atoms with E-state index in [0.717, 1.165) is 22.1 Å². The maximum atomic E-state index is 13.5. The molecule has 0 unspecified atom stereocenters. The number of nitrogens with zero attached hydrogens (tertiary/aromatic N) is 4. The van der Waals surface area contributed by atoms with Gasteiger partial charge in [0.15, 0.2) is 0 Å². The monoisotopic (exact) mass is 692 g/mol. The number of hydrogen-bond acceptors (Lipinski definition) is 4. The fourth-order valence-electron chi connectivity index (χ4n) is 3.26. The summed E-state index contributed by atoms with van der Waals surface area (Å²) in [4.78, 5) is 16.8. The molecule has 0 fully saturated rings. The molecule has 9 heteroatoms. The zero-order chi connectivity index (χ0) is 29.2. The predicted octanol–water partition coefficient (Wildman–Crippen LogP) is 8.52. The first-order valence-corrected chi connectivity index (χ1v) is 13.6. The predicted molar refractivity (Wildman–Crippen MR) is 169 cm³/mol. The lowest BCUT2D eigenvalue weighted by molar-refractivity contribution is 0.620. The summed E-state index contributed by atoms with van der Waals surface area (Å²) < 4.78 is 26.5. The number of benzene rings is 2. The zero-order valence-corrected chi connectivity index (χ0v) is 24.7. The molecular weight excluding hydrogens is 676 g/mol. The fourth-order valence-corrected chi connectivity index (χ4v) is 4.30. The van der Waals surface area contributed by atoms with Crippen molar-refractivity contribution >= 4 is 67.9 Å². The van der Waals surface area contributed by atoms with E-state index in [-0.39, 0.29) is 11.4 Å². The van der Waals surface area contributed by atoms with Crippen LogP contribution in [0.1, 0.15) is 17.0 Å². The Hall–Kier alpha value is -4.15. The Bertz CT molecular complexity index is 1950. The topological polar surface area (TPSA) is 51.6 Å². The Morgan fingerprint density at radius 1 is 0.634 bits per heavy atom. The van der Waals surface area contributed by atoms with Crippen LogP contribution in [0.3, 0.4) is 0 Å². The molecule has 6 rings (SSSR count). The molecule has 200 valence electrons. The van der Waals surface area contributed by atoms with Crippen LogP contribution >= 0.6 is 45.8 Å². The van der Waals surface area contributed by atoms with Crippen LogP contribution in [-0.4, -0.2) is 19.9 Å². The average molecular weight is 693 g/mol. The summed E-state index contributed by atoms with van der Waals surface area (Å²) in [5.74, 6) is 7.44. The van der Waals surface area contributed by atoms with Crippen molar-refractivity contribution in [2.24, 2.45) is 0 Å². The molecule has 41 heavy (non-hydrogen) atoms. The quantitative estimate of drug-likeness (QED) is 0.0910. The van der Waals surface area contributed by atoms with Gasteiger partial charge in [0.2, 0.25) is 0 Å². The van der Waals surface area contributed by atoms with E-state index in [0.29, 0.717) is 25.0 Å². The lowest BCUT2D eigenvalue weighted by Gasteiger charge is -1.96. The maximum absolute atomic E-state index is 13.5. The molecule has 0 aliphatic heterocycles. The minimum Gasteiger partial charge on any atom is -0.255 e. The van der Waals surface area contributed by atoms with Crippen molar-refractivity contribution in [3.05, 3.63) is 140 Å². The number of terminal acetylenes is 1. The molecule has 4 heterocycles. The second-order valence-corrected chi connectivity index (χ2v) is 10.1. The van der Waals surface area contributed by atoms with Gasteiger partial charge in [-0.1, -0.05) is 35.0 Å². The Kier molecular flexibility index (Phi) is 10.5. The SMILES string of the molecule is C#Cc1ccc2ncccc2n1.Fc1ccc(Cl)cc1C#Cc1ccc2ncccc2n1.Fc1ccc(Cl)cc1I. The molecule has 0 saturated carbocycles. The number of rotatable bonds is 0. The molecule has 0 bridgehead atoms. The van der Waals surface area contributed by atoms with Gasteiger partial charge in [-0.2, -0.15) is 0 Å². The van der Waals surface area contributed by atoms with Crippen molar-refractivity contribution < 1.29 is 8.78 Å². The van der Waals surface area contributed by atoms with Crippen molar-refractivity contribution in [3.63, 3.8) is 0 Å². The minimum atomic E-state index is -0.399. The highest BCUT2D eigenvalue weighted by atomic mass is 127. The molecule has 0 spiro atoms. The summed E-state index contributed by atoms with van der Waals surface area (Å²) in [6, 6.07) is 23.4. The molecule has 4 nitrogen and oxygen atoms in total. The molecule has 0 radical (unpaired) electrons. The summed E-state index contributed by atoms with van der Waals surface area (Å²) >= 11 is 13.3. The van der Waals surface area contributed by atoms with Gasteiger partial charge < -0.3 is 0 Å². The maximum Gasteiger partial charge on any atom is 0.138 e. The van der Waals surface area contributed by atoms with Crippen molar-refractivity contribution in [3.8, 4) is 24.2 Å². The van der Waals surface area contributed by atoms with E-state index in [2.05, 4.69) is 37.7 Å². The average Bonchev–Trinajstić information content (AvgIpc) is 3.00.